The molecule has 0 saturated carbocycles. The van der Waals surface area contributed by atoms with Gasteiger partial charge in [0.15, 0.2) is 0 Å². The summed E-state index contributed by atoms with van der Waals surface area (Å²) in [6, 6.07) is 19.8. The van der Waals surface area contributed by atoms with Crippen LogP contribution in [0.2, 0.25) is 5.02 Å². The number of nitrogens with zero attached hydrogens (tertiary/aromatic N) is 1. The Bertz CT molecular complexity index is 1510. The largest absolute Gasteiger partial charge is 0.341 e. The molecular weight excluding hydrogens is 524 g/mol. The number of H-pyrrole nitrogens is 1. The van der Waals surface area contributed by atoms with Crippen molar-refractivity contribution in [3.05, 3.63) is 94.8 Å². The molecule has 0 aliphatic carbocycles. The molecule has 1 aliphatic rings. The van der Waals surface area contributed by atoms with E-state index in [-0.39, 0.29) is 22.8 Å². The molecule has 12 heteroatoms. The third-order valence-electron chi connectivity index (χ3n) is 5.98. The van der Waals surface area contributed by atoms with Gasteiger partial charge in [0.2, 0.25) is 15.9 Å². The Balaban J connectivity index is 1.46. The van der Waals surface area contributed by atoms with Gasteiger partial charge in [-0.1, -0.05) is 60.1 Å². The molecule has 0 radical (unpaired) electrons. The first kappa shape index (κ1) is 24.8. The van der Waals surface area contributed by atoms with E-state index in [1.165, 1.54) is 12.1 Å². The van der Waals surface area contributed by atoms with Crippen molar-refractivity contribution in [2.24, 2.45) is 0 Å². The molecule has 9 nitrogen and oxygen atoms in total. The van der Waals surface area contributed by atoms with Crippen LogP contribution in [0.25, 0.3) is 11.0 Å². The number of aromatic nitrogens is 2. The van der Waals surface area contributed by atoms with Crippen LogP contribution in [0.5, 0.6) is 0 Å². The number of para-hydroxylation sites is 2. The molecule has 1 aliphatic heterocycles. The smallest absolute Gasteiger partial charge is 0.242 e. The van der Waals surface area contributed by atoms with Gasteiger partial charge in [-0.05, 0) is 41.8 Å². The number of aromatic amines is 1. The quantitative estimate of drug-likeness (QED) is 0.227. The second-order valence-corrected chi connectivity index (χ2v) is 12.5. The third-order valence-corrected chi connectivity index (χ3v) is 9.72. The summed E-state index contributed by atoms with van der Waals surface area (Å²) in [6.07, 6.45) is 0.239. The number of halogens is 1. The number of sulfonamides is 1. The molecule has 188 valence electrons. The van der Waals surface area contributed by atoms with Crippen molar-refractivity contribution in [1.29, 1.82) is 0 Å². The van der Waals surface area contributed by atoms with Gasteiger partial charge in [0, 0.05) is 0 Å². The predicted molar refractivity (Wildman–Crippen MR) is 139 cm³/mol. The van der Waals surface area contributed by atoms with E-state index in [1.54, 1.807) is 36.4 Å². The van der Waals surface area contributed by atoms with Crippen LogP contribution in [0.4, 0.5) is 0 Å². The fourth-order valence-electron chi connectivity index (χ4n) is 4.22. The molecule has 36 heavy (non-hydrogen) atoms. The molecule has 1 unspecified atom stereocenters. The second-order valence-electron chi connectivity index (χ2n) is 8.50. The monoisotopic (exact) mass is 546 g/mol. The summed E-state index contributed by atoms with van der Waals surface area (Å²) in [5.74, 6) is 0.0266. The van der Waals surface area contributed by atoms with E-state index < -0.39 is 38.0 Å². The van der Waals surface area contributed by atoms with Gasteiger partial charge in [-0.2, -0.15) is 0 Å². The van der Waals surface area contributed by atoms with Crippen molar-refractivity contribution in [2.45, 2.75) is 29.0 Å². The number of rotatable bonds is 7. The highest BCUT2D eigenvalue weighted by atomic mass is 35.5. The van der Waals surface area contributed by atoms with Crippen LogP contribution in [-0.2, 0) is 21.2 Å². The lowest BCUT2D eigenvalue weighted by Crippen LogP contribution is -2.31. The number of nitrogens with one attached hydrogen (secondary N) is 3. The molecule has 1 saturated heterocycles. The average Bonchev–Trinajstić information content (AvgIpc) is 3.38. The van der Waals surface area contributed by atoms with E-state index in [0.717, 1.165) is 11.1 Å². The maximum absolute atomic E-state index is 13.2. The molecule has 1 aromatic heterocycles. The standard InChI is InChI=1S/C24H23ClN4O5S2/c25-17-5-1-4-8-21(17)35(31,32)28-20(24-26-18-6-2-3-7-19(18)27-24)13-15-9-11-16(12-10-15)22-14-23(30)29-36(22,33)34/h1-12,20,22,28,33-34H,13-14H2,(H,26,27)(H,29,30)/t20-,22?/m0/s1. The minimum absolute atomic E-state index is 0.0130. The summed E-state index contributed by atoms with van der Waals surface area (Å²) in [6.45, 7) is 0. The van der Waals surface area contributed by atoms with E-state index in [9.17, 15) is 22.3 Å². The Morgan fingerprint density at radius 1 is 1.06 bits per heavy atom. The first-order valence-corrected chi connectivity index (χ1v) is 14.5. The number of fused-ring (bicyclic) bond motifs is 1. The molecule has 5 rings (SSSR count). The SMILES string of the molecule is O=C1CC(c2ccc(C[C@H](NS(=O)(=O)c3ccccc3Cl)c3nc4ccccc4[nH]3)cc2)S(O)(O)N1. The van der Waals surface area contributed by atoms with Gasteiger partial charge >= 0.3 is 0 Å². The van der Waals surface area contributed by atoms with E-state index >= 15 is 0 Å². The zero-order valence-electron chi connectivity index (χ0n) is 18.8. The van der Waals surface area contributed by atoms with Crippen LogP contribution in [0.3, 0.4) is 0 Å². The van der Waals surface area contributed by atoms with Gasteiger partial charge in [0.25, 0.3) is 0 Å². The Labute approximate surface area is 214 Å². The number of carbonyl (C=O) groups is 1. The summed E-state index contributed by atoms with van der Waals surface area (Å²) < 4.78 is 51.8. The highest BCUT2D eigenvalue weighted by Crippen LogP contribution is 2.56. The molecule has 2 heterocycles. The minimum atomic E-state index is -3.99. The topological polar surface area (TPSA) is 144 Å². The highest BCUT2D eigenvalue weighted by molar-refractivity contribution is 8.23. The van der Waals surface area contributed by atoms with Crippen molar-refractivity contribution in [2.75, 3.05) is 0 Å². The van der Waals surface area contributed by atoms with Crippen LogP contribution >= 0.6 is 22.4 Å². The van der Waals surface area contributed by atoms with Gasteiger partial charge in [0.05, 0.1) is 28.5 Å². The van der Waals surface area contributed by atoms with Crippen LogP contribution in [0, 0.1) is 0 Å². The number of imidazole rings is 1. The molecule has 0 spiro atoms. The summed E-state index contributed by atoms with van der Waals surface area (Å²) in [5, 5.41) is -0.625. The Morgan fingerprint density at radius 3 is 2.42 bits per heavy atom. The first-order chi connectivity index (χ1) is 17.1. The average molecular weight is 547 g/mol. The van der Waals surface area contributed by atoms with Gasteiger partial charge in [-0.25, -0.2) is 18.1 Å². The zero-order chi connectivity index (χ0) is 25.5. The Kier molecular flexibility index (Phi) is 6.54. The lowest BCUT2D eigenvalue weighted by molar-refractivity contribution is -0.118. The summed E-state index contributed by atoms with van der Waals surface area (Å²) >= 11 is 6.17. The fraction of sp³-hybridized carbons (Fsp3) is 0.167. The van der Waals surface area contributed by atoms with E-state index in [4.69, 9.17) is 11.6 Å². The highest BCUT2D eigenvalue weighted by Gasteiger charge is 2.38. The molecule has 4 aromatic rings. The van der Waals surface area contributed by atoms with Crippen LogP contribution in [-0.4, -0.2) is 33.4 Å². The van der Waals surface area contributed by atoms with Crippen LogP contribution in [0.15, 0.2) is 77.7 Å². The minimum Gasteiger partial charge on any atom is -0.341 e. The predicted octanol–water partition coefficient (Wildman–Crippen LogP) is 4.71. The van der Waals surface area contributed by atoms with Crippen LogP contribution < -0.4 is 9.44 Å². The maximum atomic E-state index is 13.2. The molecule has 3 aromatic carbocycles. The van der Waals surface area contributed by atoms with E-state index in [0.29, 0.717) is 16.9 Å². The van der Waals surface area contributed by atoms with Crippen molar-refractivity contribution >= 4 is 49.3 Å². The Hall–Kier alpha value is -2.93. The lowest BCUT2D eigenvalue weighted by atomic mass is 10.0. The number of carbonyl (C=O) groups excluding carboxylic acids is 1. The summed E-state index contributed by atoms with van der Waals surface area (Å²) in [5.41, 5.74) is 2.86. The lowest BCUT2D eigenvalue weighted by Gasteiger charge is -2.32. The zero-order valence-corrected chi connectivity index (χ0v) is 21.1. The fourth-order valence-corrected chi connectivity index (χ4v) is 7.42. The van der Waals surface area contributed by atoms with Crippen LogP contribution in [0.1, 0.15) is 34.7 Å². The van der Waals surface area contributed by atoms with Gasteiger partial charge < -0.3 is 4.98 Å². The molecule has 0 bridgehead atoms. The number of hydrogen-bond donors (Lipinski definition) is 5. The van der Waals surface area contributed by atoms with E-state index in [2.05, 4.69) is 19.4 Å². The van der Waals surface area contributed by atoms with Crippen molar-refractivity contribution in [3.8, 4) is 0 Å². The van der Waals surface area contributed by atoms with Gasteiger partial charge in [-0.3, -0.25) is 18.6 Å². The molecular formula is C24H23ClN4O5S2. The number of benzene rings is 3. The van der Waals surface area contributed by atoms with Gasteiger partial charge in [-0.15, -0.1) is 10.8 Å². The van der Waals surface area contributed by atoms with Crippen molar-refractivity contribution in [3.63, 3.8) is 0 Å². The molecule has 1 amide bonds. The first-order valence-electron chi connectivity index (χ1n) is 11.0. The maximum Gasteiger partial charge on any atom is 0.242 e. The normalized spacial score (nSPS) is 19.2. The molecule has 1 fully saturated rings. The number of amides is 1. The summed E-state index contributed by atoms with van der Waals surface area (Å²) in [7, 11) is -7.25. The Morgan fingerprint density at radius 2 is 1.75 bits per heavy atom. The second kappa shape index (κ2) is 9.51. The third kappa shape index (κ3) is 4.99. The van der Waals surface area contributed by atoms with Crippen molar-refractivity contribution < 1.29 is 22.3 Å². The summed E-state index contributed by atoms with van der Waals surface area (Å²) in [4.78, 5) is 19.4. The molecule has 2 atom stereocenters. The molecule has 5 N–H and O–H groups in total. The van der Waals surface area contributed by atoms with E-state index in [1.807, 2.05) is 24.3 Å². The number of hydrogen-bond acceptors (Lipinski definition) is 6. The van der Waals surface area contributed by atoms with Gasteiger partial charge in [0.1, 0.15) is 16.0 Å². The van der Waals surface area contributed by atoms with Crippen molar-refractivity contribution in [1.82, 2.24) is 19.4 Å².